The molecule has 2 heterocycles. The van der Waals surface area contributed by atoms with Crippen LogP contribution in [0.3, 0.4) is 0 Å². The van der Waals surface area contributed by atoms with Crippen LogP contribution in [0.25, 0.3) is 11.1 Å². The summed E-state index contributed by atoms with van der Waals surface area (Å²) in [5, 5.41) is 0. The lowest BCUT2D eigenvalue weighted by Gasteiger charge is -2.40. The summed E-state index contributed by atoms with van der Waals surface area (Å²) < 4.78 is 11.1. The summed E-state index contributed by atoms with van der Waals surface area (Å²) >= 11 is 0. The molecule has 6 heteroatoms. The number of benzene rings is 2. The van der Waals surface area contributed by atoms with Crippen LogP contribution in [0.4, 0.5) is 0 Å². The fourth-order valence-corrected chi connectivity index (χ4v) is 7.03. The van der Waals surface area contributed by atoms with Crippen molar-refractivity contribution in [3.63, 3.8) is 0 Å². The minimum absolute atomic E-state index is 0.104. The summed E-state index contributed by atoms with van der Waals surface area (Å²) in [4.78, 5) is 32.4. The number of morpholine rings is 2. The lowest BCUT2D eigenvalue weighted by molar-refractivity contribution is -0.00442. The molecule has 0 atom stereocenters. The largest absolute Gasteiger partial charge is 0.379 e. The molecule has 0 amide bonds. The number of rotatable bonds is 10. The number of hydrogen-bond acceptors (Lipinski definition) is 6. The SMILES string of the molecule is C=CCC1(CC=C)c2cc(C(=O)C(C)(C)N3CCOCC3)ccc2-c2ccc(C(=O)C(C)(C)N3CCOCC3)cc21. The number of nitrogens with zero attached hydrogens (tertiary/aromatic N) is 2. The first kappa shape index (κ1) is 29.6. The van der Waals surface area contributed by atoms with Crippen molar-refractivity contribution in [2.24, 2.45) is 0 Å². The Hall–Kier alpha value is -2.90. The normalized spacial score (nSPS) is 19.3. The Kier molecular flexibility index (Phi) is 8.23. The quantitative estimate of drug-likeness (QED) is 0.277. The molecule has 2 aromatic carbocycles. The molecule has 0 aromatic heterocycles. The molecule has 2 aliphatic heterocycles. The van der Waals surface area contributed by atoms with Crippen LogP contribution >= 0.6 is 0 Å². The van der Waals surface area contributed by atoms with E-state index in [2.05, 4.69) is 47.2 Å². The van der Waals surface area contributed by atoms with Crippen molar-refractivity contribution in [1.82, 2.24) is 9.80 Å². The van der Waals surface area contributed by atoms with E-state index in [1.54, 1.807) is 0 Å². The van der Waals surface area contributed by atoms with E-state index in [1.807, 2.05) is 52.0 Å². The Labute approximate surface area is 245 Å². The molecule has 0 spiro atoms. The summed E-state index contributed by atoms with van der Waals surface area (Å²) in [6.07, 6.45) is 5.24. The molecule has 0 unspecified atom stereocenters. The number of fused-ring (bicyclic) bond motifs is 3. The first-order valence-electron chi connectivity index (χ1n) is 14.8. The van der Waals surface area contributed by atoms with Crippen molar-refractivity contribution in [3.05, 3.63) is 84.0 Å². The van der Waals surface area contributed by atoms with E-state index >= 15 is 0 Å². The van der Waals surface area contributed by atoms with Gasteiger partial charge in [0, 0.05) is 42.7 Å². The number of allylic oxidation sites excluding steroid dienone is 2. The first-order valence-corrected chi connectivity index (χ1v) is 14.8. The number of carbonyl (C=O) groups is 2. The van der Waals surface area contributed by atoms with E-state index < -0.39 is 16.5 Å². The summed E-state index contributed by atoms with van der Waals surface area (Å²) in [7, 11) is 0. The monoisotopic (exact) mass is 556 g/mol. The zero-order valence-corrected chi connectivity index (χ0v) is 25.1. The molecule has 2 saturated heterocycles. The van der Waals surface area contributed by atoms with E-state index in [0.29, 0.717) is 50.4 Å². The molecule has 5 rings (SSSR count). The van der Waals surface area contributed by atoms with Gasteiger partial charge in [0.2, 0.25) is 0 Å². The second kappa shape index (κ2) is 11.4. The van der Waals surface area contributed by atoms with Crippen LogP contribution in [0.1, 0.15) is 72.4 Å². The number of hydrogen-bond donors (Lipinski definition) is 0. The zero-order chi connectivity index (χ0) is 29.4. The molecule has 0 bridgehead atoms. The maximum absolute atomic E-state index is 14.0. The highest BCUT2D eigenvalue weighted by Crippen LogP contribution is 2.54. The average molecular weight is 557 g/mol. The number of ketones is 2. The summed E-state index contributed by atoms with van der Waals surface area (Å²) in [5.74, 6) is 0.208. The molecule has 41 heavy (non-hydrogen) atoms. The van der Waals surface area contributed by atoms with Gasteiger partial charge in [0.15, 0.2) is 11.6 Å². The first-order chi connectivity index (χ1) is 19.6. The topological polar surface area (TPSA) is 59.1 Å². The van der Waals surface area contributed by atoms with Gasteiger partial charge in [-0.05, 0) is 74.9 Å². The maximum atomic E-state index is 14.0. The van der Waals surface area contributed by atoms with Crippen molar-refractivity contribution in [1.29, 1.82) is 0 Å². The summed E-state index contributed by atoms with van der Waals surface area (Å²) in [6, 6.07) is 12.3. The third-order valence-corrected chi connectivity index (χ3v) is 9.59. The molecule has 0 N–H and O–H groups in total. The third kappa shape index (κ3) is 5.05. The van der Waals surface area contributed by atoms with E-state index in [0.717, 1.165) is 48.4 Å². The second-order valence-electron chi connectivity index (χ2n) is 12.6. The van der Waals surface area contributed by atoms with Crippen molar-refractivity contribution >= 4 is 11.6 Å². The Morgan fingerprint density at radius 1 is 0.732 bits per heavy atom. The summed E-state index contributed by atoms with van der Waals surface area (Å²) in [5.41, 5.74) is 4.09. The van der Waals surface area contributed by atoms with E-state index in [1.165, 1.54) is 0 Å². The average Bonchev–Trinajstić information content (AvgIpc) is 3.25. The minimum Gasteiger partial charge on any atom is -0.379 e. The molecule has 3 aliphatic rings. The van der Waals surface area contributed by atoms with E-state index in [9.17, 15) is 9.59 Å². The van der Waals surface area contributed by atoms with Crippen LogP contribution in [-0.2, 0) is 14.9 Å². The molecular formula is C35H44N2O4. The van der Waals surface area contributed by atoms with Gasteiger partial charge >= 0.3 is 0 Å². The zero-order valence-electron chi connectivity index (χ0n) is 25.1. The Morgan fingerprint density at radius 3 is 1.44 bits per heavy atom. The van der Waals surface area contributed by atoms with Crippen LogP contribution in [0.5, 0.6) is 0 Å². The Morgan fingerprint density at radius 2 is 1.10 bits per heavy atom. The number of Topliss-reactive ketones (excluding diaryl/α,β-unsaturated/α-hetero) is 2. The standard InChI is InChI=1S/C35H44N2O4/c1-7-13-35(14-8-2)29-23-25(31(38)33(3,4)36-15-19-40-20-16-36)9-11-27(29)28-12-10-26(24-30(28)35)32(39)34(5,6)37-17-21-41-22-18-37/h7-12,23-24H,1-2,13-22H2,3-6H3. The Balaban J connectivity index is 1.56. The lowest BCUT2D eigenvalue weighted by atomic mass is 9.71. The van der Waals surface area contributed by atoms with Gasteiger partial charge in [-0.25, -0.2) is 0 Å². The van der Waals surface area contributed by atoms with E-state index in [-0.39, 0.29) is 11.6 Å². The highest BCUT2D eigenvalue weighted by molar-refractivity contribution is 6.05. The van der Waals surface area contributed by atoms with Gasteiger partial charge in [-0.15, -0.1) is 13.2 Å². The van der Waals surface area contributed by atoms with Gasteiger partial charge in [-0.3, -0.25) is 19.4 Å². The number of carbonyl (C=O) groups excluding carboxylic acids is 2. The predicted molar refractivity (Wildman–Crippen MR) is 164 cm³/mol. The lowest BCUT2D eigenvalue weighted by Crippen LogP contribution is -2.54. The molecule has 0 saturated carbocycles. The second-order valence-corrected chi connectivity index (χ2v) is 12.6. The van der Waals surface area contributed by atoms with Gasteiger partial charge in [-0.1, -0.05) is 36.4 Å². The fourth-order valence-electron chi connectivity index (χ4n) is 7.03. The fraction of sp³-hybridized carbons (Fsp3) is 0.486. The van der Waals surface area contributed by atoms with Crippen molar-refractivity contribution in [3.8, 4) is 11.1 Å². The van der Waals surface area contributed by atoms with Crippen molar-refractivity contribution in [2.75, 3.05) is 52.6 Å². The molecule has 0 radical (unpaired) electrons. The highest BCUT2D eigenvalue weighted by Gasteiger charge is 2.44. The smallest absolute Gasteiger partial charge is 0.182 e. The van der Waals surface area contributed by atoms with Crippen LogP contribution < -0.4 is 0 Å². The van der Waals surface area contributed by atoms with Crippen molar-refractivity contribution < 1.29 is 19.1 Å². The van der Waals surface area contributed by atoms with Crippen molar-refractivity contribution in [2.45, 2.75) is 57.0 Å². The molecule has 2 aromatic rings. The van der Waals surface area contributed by atoms with Gasteiger partial charge in [-0.2, -0.15) is 0 Å². The van der Waals surface area contributed by atoms with Gasteiger partial charge in [0.25, 0.3) is 0 Å². The molecule has 1 aliphatic carbocycles. The van der Waals surface area contributed by atoms with Gasteiger partial charge < -0.3 is 9.47 Å². The van der Waals surface area contributed by atoms with Gasteiger partial charge in [0.05, 0.1) is 37.5 Å². The van der Waals surface area contributed by atoms with E-state index in [4.69, 9.17) is 9.47 Å². The van der Waals surface area contributed by atoms with Crippen LogP contribution in [0, 0.1) is 0 Å². The Bertz CT molecular complexity index is 1240. The molecule has 2 fully saturated rings. The molecule has 6 nitrogen and oxygen atoms in total. The predicted octanol–water partition coefficient (Wildman–Crippen LogP) is 5.69. The highest BCUT2D eigenvalue weighted by atomic mass is 16.5. The van der Waals surface area contributed by atoms with Crippen LogP contribution in [-0.4, -0.2) is 85.1 Å². The minimum atomic E-state index is -0.645. The van der Waals surface area contributed by atoms with Crippen LogP contribution in [0.15, 0.2) is 61.7 Å². The molecule has 218 valence electrons. The number of ether oxygens (including phenoxy) is 2. The molecular weight excluding hydrogens is 512 g/mol. The summed E-state index contributed by atoms with van der Waals surface area (Å²) in [6.45, 7) is 21.8. The van der Waals surface area contributed by atoms with Gasteiger partial charge in [0.1, 0.15) is 0 Å². The maximum Gasteiger partial charge on any atom is 0.182 e. The third-order valence-electron chi connectivity index (χ3n) is 9.59. The van der Waals surface area contributed by atoms with Crippen LogP contribution in [0.2, 0.25) is 0 Å².